The zero-order valence-electron chi connectivity index (χ0n) is 14.1. The van der Waals surface area contributed by atoms with E-state index < -0.39 is 37.6 Å². The van der Waals surface area contributed by atoms with Crippen molar-refractivity contribution in [3.63, 3.8) is 0 Å². The number of nitrogens with one attached hydrogen (secondary N) is 1. The van der Waals surface area contributed by atoms with E-state index in [4.69, 9.17) is 0 Å². The van der Waals surface area contributed by atoms with Gasteiger partial charge in [-0.2, -0.15) is 13.2 Å². The Balaban J connectivity index is 2.40. The summed E-state index contributed by atoms with van der Waals surface area (Å²) in [5.41, 5.74) is -0.782. The highest BCUT2D eigenvalue weighted by atomic mass is 79.9. The monoisotopic (exact) mass is 485 g/mol. The molecule has 0 heterocycles. The molecule has 0 saturated carbocycles. The van der Waals surface area contributed by atoms with Gasteiger partial charge in [0.1, 0.15) is 0 Å². The Hall–Kier alpha value is -1.43. The summed E-state index contributed by atoms with van der Waals surface area (Å²) >= 11 is 3.05. The van der Waals surface area contributed by atoms with E-state index >= 15 is 0 Å². The Kier molecular flexibility index (Phi) is 6.10. The van der Waals surface area contributed by atoms with Crippen LogP contribution >= 0.6 is 15.9 Å². The van der Waals surface area contributed by atoms with Crippen LogP contribution in [0.1, 0.15) is 24.1 Å². The quantitative estimate of drug-likeness (QED) is 0.695. The van der Waals surface area contributed by atoms with E-state index in [0.29, 0.717) is 0 Å². The van der Waals surface area contributed by atoms with Crippen molar-refractivity contribution in [2.45, 2.75) is 28.9 Å². The summed E-state index contributed by atoms with van der Waals surface area (Å²) in [6.45, 7) is 1.39. The van der Waals surface area contributed by atoms with Crippen molar-refractivity contribution in [1.29, 1.82) is 0 Å². The summed E-state index contributed by atoms with van der Waals surface area (Å²) in [7, 11) is -7.86. The summed E-state index contributed by atoms with van der Waals surface area (Å²) in [6.07, 6.45) is -3.62. The van der Waals surface area contributed by atoms with E-state index in [1.54, 1.807) is 0 Å². The van der Waals surface area contributed by atoms with Crippen molar-refractivity contribution in [3.05, 3.63) is 58.1 Å². The van der Waals surface area contributed by atoms with Crippen LogP contribution in [0.4, 0.5) is 13.2 Å². The van der Waals surface area contributed by atoms with E-state index in [-0.39, 0.29) is 19.8 Å². The number of halogens is 4. The molecule has 27 heavy (non-hydrogen) atoms. The van der Waals surface area contributed by atoms with E-state index in [1.807, 2.05) is 0 Å². The lowest BCUT2D eigenvalue weighted by Gasteiger charge is -2.17. The van der Waals surface area contributed by atoms with Crippen molar-refractivity contribution in [3.8, 4) is 0 Å². The molecule has 0 radical (unpaired) electrons. The third kappa shape index (κ3) is 5.31. The van der Waals surface area contributed by atoms with E-state index in [2.05, 4.69) is 20.7 Å². The molecule has 11 heteroatoms. The number of benzene rings is 2. The van der Waals surface area contributed by atoms with Gasteiger partial charge in [-0.25, -0.2) is 21.6 Å². The molecule has 0 amide bonds. The van der Waals surface area contributed by atoms with Gasteiger partial charge >= 0.3 is 6.18 Å². The highest BCUT2D eigenvalue weighted by Crippen LogP contribution is 2.31. The average molecular weight is 486 g/mol. The fourth-order valence-corrected chi connectivity index (χ4v) is 5.21. The smallest absolute Gasteiger partial charge is 0.224 e. The van der Waals surface area contributed by atoms with Gasteiger partial charge in [0, 0.05) is 16.8 Å². The van der Waals surface area contributed by atoms with Crippen LogP contribution in [0.2, 0.25) is 0 Å². The lowest BCUT2D eigenvalue weighted by Crippen LogP contribution is -2.27. The lowest BCUT2D eigenvalue weighted by molar-refractivity contribution is -0.137. The van der Waals surface area contributed by atoms with Crippen LogP contribution in [0.25, 0.3) is 0 Å². The maximum atomic E-state index is 12.8. The zero-order valence-corrected chi connectivity index (χ0v) is 17.3. The molecule has 148 valence electrons. The average Bonchev–Trinajstić information content (AvgIpc) is 2.53. The van der Waals surface area contributed by atoms with Crippen molar-refractivity contribution in [2.75, 3.05) is 6.26 Å². The van der Waals surface area contributed by atoms with Gasteiger partial charge in [0.2, 0.25) is 10.0 Å². The molecule has 0 saturated heterocycles. The molecule has 0 aromatic heterocycles. The normalized spacial score (nSPS) is 14.1. The third-order valence-corrected chi connectivity index (χ3v) is 7.31. The summed E-state index contributed by atoms with van der Waals surface area (Å²) < 4.78 is 89.5. The third-order valence-electron chi connectivity index (χ3n) is 3.67. The van der Waals surface area contributed by atoms with Gasteiger partial charge in [-0.1, -0.05) is 12.1 Å². The SMILES string of the molecule is CC(NS(=O)(=O)c1cc(S(C)(=O)=O)ccc1Br)c1cccc(C(F)(F)F)c1. The Morgan fingerprint density at radius 3 is 2.22 bits per heavy atom. The van der Waals surface area contributed by atoms with E-state index in [1.165, 1.54) is 31.2 Å². The molecule has 2 aromatic carbocycles. The molecule has 0 spiro atoms. The summed E-state index contributed by atoms with van der Waals surface area (Å²) in [5.74, 6) is 0. The molecule has 0 fully saturated rings. The fraction of sp³-hybridized carbons (Fsp3) is 0.250. The fourth-order valence-electron chi connectivity index (χ4n) is 2.27. The zero-order chi connectivity index (χ0) is 20.6. The first-order chi connectivity index (χ1) is 12.2. The van der Waals surface area contributed by atoms with Crippen molar-refractivity contribution in [2.24, 2.45) is 0 Å². The molecule has 1 unspecified atom stereocenters. The molecule has 0 aliphatic carbocycles. The van der Waals surface area contributed by atoms with Gasteiger partial charge in [0.15, 0.2) is 9.84 Å². The van der Waals surface area contributed by atoms with Crippen LogP contribution < -0.4 is 4.72 Å². The molecule has 0 bridgehead atoms. The van der Waals surface area contributed by atoms with Gasteiger partial charge in [-0.15, -0.1) is 0 Å². The molecule has 2 aromatic rings. The van der Waals surface area contributed by atoms with Crippen molar-refractivity contribution < 1.29 is 30.0 Å². The van der Waals surface area contributed by atoms with Crippen molar-refractivity contribution >= 4 is 35.8 Å². The minimum absolute atomic E-state index is 0.115. The van der Waals surface area contributed by atoms with Crippen LogP contribution in [-0.4, -0.2) is 23.1 Å². The molecule has 0 aliphatic heterocycles. The van der Waals surface area contributed by atoms with Crippen LogP contribution in [-0.2, 0) is 26.0 Å². The van der Waals surface area contributed by atoms with E-state index in [0.717, 1.165) is 24.5 Å². The van der Waals surface area contributed by atoms with E-state index in [9.17, 15) is 30.0 Å². The van der Waals surface area contributed by atoms with Crippen molar-refractivity contribution in [1.82, 2.24) is 4.72 Å². The Labute approximate surface area is 163 Å². The number of hydrogen-bond acceptors (Lipinski definition) is 4. The largest absolute Gasteiger partial charge is 0.416 e. The second-order valence-electron chi connectivity index (χ2n) is 5.83. The number of sulfonamides is 1. The topological polar surface area (TPSA) is 80.3 Å². The molecule has 2 rings (SSSR count). The molecular weight excluding hydrogens is 471 g/mol. The minimum Gasteiger partial charge on any atom is -0.224 e. The summed E-state index contributed by atoms with van der Waals surface area (Å²) in [4.78, 5) is -0.526. The van der Waals surface area contributed by atoms with Crippen LogP contribution in [0.3, 0.4) is 0 Å². The highest BCUT2D eigenvalue weighted by molar-refractivity contribution is 9.10. The molecule has 1 N–H and O–H groups in total. The Morgan fingerprint density at radius 2 is 1.67 bits per heavy atom. The van der Waals surface area contributed by atoms with Crippen LogP contribution in [0.5, 0.6) is 0 Å². The summed E-state index contributed by atoms with van der Waals surface area (Å²) in [5, 5.41) is 0. The minimum atomic E-state index is -4.55. The Morgan fingerprint density at radius 1 is 1.04 bits per heavy atom. The maximum Gasteiger partial charge on any atom is 0.416 e. The lowest BCUT2D eigenvalue weighted by atomic mass is 10.1. The molecular formula is C16H15BrF3NO4S2. The standard InChI is InChI=1S/C16H15BrF3NO4S2/c1-10(11-4-3-5-12(8-11)16(18,19)20)21-27(24,25)15-9-13(26(2,22)23)6-7-14(15)17/h3-10,21H,1-2H3. The van der Waals surface area contributed by atoms with Gasteiger partial charge in [0.25, 0.3) is 0 Å². The first-order valence-corrected chi connectivity index (χ1v) is 11.6. The van der Waals surface area contributed by atoms with Gasteiger partial charge in [-0.3, -0.25) is 0 Å². The second-order valence-corrected chi connectivity index (χ2v) is 10.4. The predicted molar refractivity (Wildman–Crippen MR) is 97.4 cm³/mol. The number of rotatable bonds is 5. The van der Waals surface area contributed by atoms with Crippen LogP contribution in [0.15, 0.2) is 56.7 Å². The number of hydrogen-bond donors (Lipinski definition) is 1. The number of alkyl halides is 3. The first kappa shape index (κ1) is 21.9. The van der Waals surface area contributed by atoms with Gasteiger partial charge in [-0.05, 0) is 58.7 Å². The predicted octanol–water partition coefficient (Wildman–Crippen LogP) is 3.91. The maximum absolute atomic E-state index is 12.8. The molecule has 0 aliphatic rings. The highest BCUT2D eigenvalue weighted by Gasteiger charge is 2.31. The Bertz CT molecular complexity index is 1070. The summed E-state index contributed by atoms with van der Waals surface area (Å²) in [6, 6.07) is 6.82. The molecule has 5 nitrogen and oxygen atoms in total. The first-order valence-electron chi connectivity index (χ1n) is 7.41. The van der Waals surface area contributed by atoms with Crippen LogP contribution in [0, 0.1) is 0 Å². The molecule has 1 atom stereocenters. The van der Waals surface area contributed by atoms with Gasteiger partial charge < -0.3 is 0 Å². The van der Waals surface area contributed by atoms with Gasteiger partial charge in [0.05, 0.1) is 15.4 Å². The second kappa shape index (κ2) is 7.53. The number of sulfone groups is 1.